The van der Waals surface area contributed by atoms with E-state index in [0.29, 0.717) is 22.4 Å². The Morgan fingerprint density at radius 1 is 1.00 bits per heavy atom. The monoisotopic (exact) mass is 271 g/mol. The van der Waals surface area contributed by atoms with Crippen LogP contribution in [0.3, 0.4) is 0 Å². The molecule has 4 heteroatoms. The Labute approximate surface area is 114 Å². The van der Waals surface area contributed by atoms with Gasteiger partial charge in [0.25, 0.3) is 0 Å². The van der Waals surface area contributed by atoms with Gasteiger partial charge in [-0.2, -0.15) is 0 Å². The quantitative estimate of drug-likeness (QED) is 0.678. The van der Waals surface area contributed by atoms with Crippen LogP contribution in [0.4, 0.5) is 8.78 Å². The number of ether oxygens (including phenoxy) is 1. The Balaban J connectivity index is 2.01. The minimum Gasteiger partial charge on any atom is -0.455 e. The van der Waals surface area contributed by atoms with E-state index in [1.807, 2.05) is 0 Å². The molecule has 3 rings (SSSR count). The number of nitrogens with zero attached hydrogens (tertiary/aromatic N) is 1. The van der Waals surface area contributed by atoms with Gasteiger partial charge < -0.3 is 4.74 Å². The molecule has 0 saturated heterocycles. The second-order valence-electron chi connectivity index (χ2n) is 4.45. The fourth-order valence-electron chi connectivity index (χ4n) is 1.98. The zero-order valence-corrected chi connectivity index (χ0v) is 10.7. The van der Waals surface area contributed by atoms with Crippen molar-refractivity contribution in [2.75, 3.05) is 0 Å². The lowest BCUT2D eigenvalue weighted by atomic mass is 10.2. The highest BCUT2D eigenvalue weighted by molar-refractivity contribution is 5.80. The summed E-state index contributed by atoms with van der Waals surface area (Å²) in [5.74, 6) is 0.151. The highest BCUT2D eigenvalue weighted by Gasteiger charge is 2.08. The molecule has 3 aromatic rings. The van der Waals surface area contributed by atoms with E-state index in [1.165, 1.54) is 18.3 Å². The third kappa shape index (κ3) is 2.20. The normalized spacial score (nSPS) is 10.8. The molecule has 0 aliphatic carbocycles. The lowest BCUT2D eigenvalue weighted by Crippen LogP contribution is -1.92. The van der Waals surface area contributed by atoms with Crippen LogP contribution in [0, 0.1) is 18.6 Å². The van der Waals surface area contributed by atoms with E-state index >= 15 is 0 Å². The molecule has 20 heavy (non-hydrogen) atoms. The van der Waals surface area contributed by atoms with Crippen molar-refractivity contribution in [2.45, 2.75) is 6.92 Å². The Morgan fingerprint density at radius 2 is 1.75 bits per heavy atom. The van der Waals surface area contributed by atoms with E-state index in [-0.39, 0.29) is 17.2 Å². The van der Waals surface area contributed by atoms with E-state index in [1.54, 1.807) is 37.3 Å². The Morgan fingerprint density at radius 3 is 2.60 bits per heavy atom. The molecule has 1 heterocycles. The van der Waals surface area contributed by atoms with Gasteiger partial charge >= 0.3 is 0 Å². The van der Waals surface area contributed by atoms with Crippen LogP contribution in [0.2, 0.25) is 0 Å². The maximum Gasteiger partial charge on any atom is 0.149 e. The maximum atomic E-state index is 13.5. The fraction of sp³-hybridized carbons (Fsp3) is 0.0625. The van der Waals surface area contributed by atoms with Crippen LogP contribution in [-0.2, 0) is 0 Å². The van der Waals surface area contributed by atoms with E-state index in [0.717, 1.165) is 0 Å². The third-order valence-corrected chi connectivity index (χ3v) is 3.08. The number of aromatic nitrogens is 1. The van der Waals surface area contributed by atoms with Gasteiger partial charge in [0.2, 0.25) is 0 Å². The molecule has 0 saturated carbocycles. The van der Waals surface area contributed by atoms with E-state index in [4.69, 9.17) is 4.74 Å². The van der Waals surface area contributed by atoms with Gasteiger partial charge in [-0.1, -0.05) is 18.2 Å². The van der Waals surface area contributed by atoms with Crippen molar-refractivity contribution in [3.05, 3.63) is 65.9 Å². The number of halogens is 2. The smallest absolute Gasteiger partial charge is 0.149 e. The molecule has 0 N–H and O–H groups in total. The van der Waals surface area contributed by atoms with Gasteiger partial charge in [-0.05, 0) is 31.2 Å². The van der Waals surface area contributed by atoms with Crippen molar-refractivity contribution in [2.24, 2.45) is 0 Å². The van der Waals surface area contributed by atoms with Crippen LogP contribution >= 0.6 is 0 Å². The summed E-state index contributed by atoms with van der Waals surface area (Å²) >= 11 is 0. The number of para-hydroxylation sites is 1. The van der Waals surface area contributed by atoms with E-state index in [2.05, 4.69) is 4.98 Å². The molecule has 0 spiro atoms. The van der Waals surface area contributed by atoms with Gasteiger partial charge in [-0.3, -0.25) is 0 Å². The summed E-state index contributed by atoms with van der Waals surface area (Å²) in [6, 6.07) is 11.0. The number of hydrogen-bond acceptors (Lipinski definition) is 2. The van der Waals surface area contributed by atoms with Crippen molar-refractivity contribution in [1.29, 1.82) is 0 Å². The van der Waals surface area contributed by atoms with Gasteiger partial charge in [0.05, 0.1) is 6.20 Å². The standard InChI is InChI=1S/C16H11F2NO/c1-10-13(17)5-3-7-15(10)20-12-8-11-4-2-6-14(18)16(11)19-9-12/h2-9H,1H3. The Bertz CT molecular complexity index is 787. The maximum absolute atomic E-state index is 13.5. The minimum atomic E-state index is -0.379. The number of fused-ring (bicyclic) bond motifs is 1. The van der Waals surface area contributed by atoms with Gasteiger partial charge in [-0.25, -0.2) is 13.8 Å². The summed E-state index contributed by atoms with van der Waals surface area (Å²) in [4.78, 5) is 4.04. The molecule has 0 fully saturated rings. The molecular formula is C16H11F2NO. The number of benzene rings is 2. The van der Waals surface area contributed by atoms with Crippen LogP contribution in [0.15, 0.2) is 48.7 Å². The molecule has 2 nitrogen and oxygen atoms in total. The van der Waals surface area contributed by atoms with Crippen molar-refractivity contribution >= 4 is 10.9 Å². The number of rotatable bonds is 2. The lowest BCUT2D eigenvalue weighted by molar-refractivity contribution is 0.470. The van der Waals surface area contributed by atoms with Crippen molar-refractivity contribution in [3.63, 3.8) is 0 Å². The van der Waals surface area contributed by atoms with E-state index in [9.17, 15) is 8.78 Å². The molecule has 1 aromatic heterocycles. The highest BCUT2D eigenvalue weighted by Crippen LogP contribution is 2.28. The van der Waals surface area contributed by atoms with Crippen LogP contribution in [0.25, 0.3) is 10.9 Å². The van der Waals surface area contributed by atoms with Crippen LogP contribution in [0.5, 0.6) is 11.5 Å². The Kier molecular flexibility index (Phi) is 3.06. The fourth-order valence-corrected chi connectivity index (χ4v) is 1.98. The minimum absolute atomic E-state index is 0.288. The molecule has 0 atom stereocenters. The highest BCUT2D eigenvalue weighted by atomic mass is 19.1. The van der Waals surface area contributed by atoms with Gasteiger partial charge in [-0.15, -0.1) is 0 Å². The summed E-state index contributed by atoms with van der Waals surface area (Å²) in [6.45, 7) is 1.64. The summed E-state index contributed by atoms with van der Waals surface area (Å²) in [5, 5.41) is 0.636. The second kappa shape index (κ2) is 4.89. The molecule has 0 amide bonds. The van der Waals surface area contributed by atoms with Crippen LogP contribution in [0.1, 0.15) is 5.56 Å². The third-order valence-electron chi connectivity index (χ3n) is 3.08. The first-order chi connectivity index (χ1) is 9.65. The number of pyridine rings is 1. The molecular weight excluding hydrogens is 260 g/mol. The predicted molar refractivity (Wildman–Crippen MR) is 72.9 cm³/mol. The summed E-state index contributed by atoms with van der Waals surface area (Å²) in [7, 11) is 0. The van der Waals surface area contributed by atoms with Gasteiger partial charge in [0, 0.05) is 10.9 Å². The second-order valence-corrected chi connectivity index (χ2v) is 4.45. The average Bonchev–Trinajstić information content (AvgIpc) is 2.44. The van der Waals surface area contributed by atoms with Crippen molar-refractivity contribution in [1.82, 2.24) is 4.98 Å². The first-order valence-electron chi connectivity index (χ1n) is 6.12. The van der Waals surface area contributed by atoms with Crippen LogP contribution < -0.4 is 4.74 Å². The molecule has 2 aromatic carbocycles. The van der Waals surface area contributed by atoms with Crippen molar-refractivity contribution < 1.29 is 13.5 Å². The van der Waals surface area contributed by atoms with Crippen molar-refractivity contribution in [3.8, 4) is 11.5 Å². The molecule has 0 unspecified atom stereocenters. The molecule has 0 bridgehead atoms. The topological polar surface area (TPSA) is 22.1 Å². The molecule has 0 aliphatic heterocycles. The van der Waals surface area contributed by atoms with Gasteiger partial charge in [0.1, 0.15) is 28.7 Å². The Hall–Kier alpha value is -2.49. The van der Waals surface area contributed by atoms with E-state index < -0.39 is 0 Å². The summed E-state index contributed by atoms with van der Waals surface area (Å²) in [6.07, 6.45) is 1.43. The zero-order valence-electron chi connectivity index (χ0n) is 10.7. The number of hydrogen-bond donors (Lipinski definition) is 0. The zero-order chi connectivity index (χ0) is 14.1. The molecule has 0 radical (unpaired) electrons. The van der Waals surface area contributed by atoms with Crippen LogP contribution in [-0.4, -0.2) is 4.98 Å². The summed E-state index contributed by atoms with van der Waals surface area (Å²) < 4.78 is 32.6. The molecule has 0 aliphatic rings. The largest absolute Gasteiger partial charge is 0.455 e. The average molecular weight is 271 g/mol. The lowest BCUT2D eigenvalue weighted by Gasteiger charge is -2.09. The van der Waals surface area contributed by atoms with Gasteiger partial charge in [0.15, 0.2) is 0 Å². The molecule has 100 valence electrons. The predicted octanol–water partition coefficient (Wildman–Crippen LogP) is 4.61. The first kappa shape index (κ1) is 12.5. The first-order valence-corrected chi connectivity index (χ1v) is 6.12. The SMILES string of the molecule is Cc1c(F)cccc1Oc1cnc2c(F)cccc2c1. The summed E-state index contributed by atoms with van der Waals surface area (Å²) in [5.41, 5.74) is 0.711.